The number of thiophene rings is 1. The summed E-state index contributed by atoms with van der Waals surface area (Å²) in [6.45, 7) is 4.33. The summed E-state index contributed by atoms with van der Waals surface area (Å²) in [5.41, 5.74) is 5.82. The lowest BCUT2D eigenvalue weighted by molar-refractivity contribution is 0.107. The van der Waals surface area contributed by atoms with Crippen molar-refractivity contribution < 1.29 is 17.9 Å². The lowest BCUT2D eigenvalue weighted by Gasteiger charge is -2.31. The van der Waals surface area contributed by atoms with Crippen LogP contribution in [0, 0.1) is 23.0 Å². The molecule has 224 valence electrons. The summed E-state index contributed by atoms with van der Waals surface area (Å²) in [4.78, 5) is 17.9. The van der Waals surface area contributed by atoms with E-state index >= 15 is 4.39 Å². The standard InChI is InChI=1S/C30H31F3N8OS/c1-15-21(6-8-36-15)40(2)28-19-12-37-24(17-4-5-20(32)26-22(17)18(11-34)27(35)43-26)23(33)25(19)38-29(39-28)42-14-30-7-3-9-41(30)13-16(31)10-30/h4-5,12,15-16,21,36H,3,6-10,13-14,35H2,1-2H3/t15-,16-,21-,30+/m1/s1. The minimum atomic E-state index is -0.914. The highest BCUT2D eigenvalue weighted by atomic mass is 32.1. The quantitative estimate of drug-likeness (QED) is 0.319. The number of hydrogen-bond donors (Lipinski definition) is 2. The molecule has 3 N–H and O–H groups in total. The Morgan fingerprint density at radius 3 is 2.93 bits per heavy atom. The molecular weight excluding hydrogens is 577 g/mol. The Hall–Kier alpha value is -3.73. The van der Waals surface area contributed by atoms with Crippen molar-refractivity contribution in [1.29, 1.82) is 5.26 Å². The maximum absolute atomic E-state index is 16.6. The number of nitrogens with zero attached hydrogens (tertiary/aromatic N) is 6. The van der Waals surface area contributed by atoms with E-state index in [9.17, 15) is 14.0 Å². The second-order valence-electron chi connectivity index (χ2n) is 11.8. The molecule has 3 aromatic heterocycles. The fraction of sp³-hybridized carbons (Fsp3) is 0.467. The summed E-state index contributed by atoms with van der Waals surface area (Å²) in [7, 11) is 1.91. The van der Waals surface area contributed by atoms with Crippen molar-refractivity contribution in [2.24, 2.45) is 0 Å². The van der Waals surface area contributed by atoms with Crippen LogP contribution in [0.25, 0.3) is 32.2 Å². The number of rotatable bonds is 6. The van der Waals surface area contributed by atoms with Gasteiger partial charge in [-0.25, -0.2) is 13.2 Å². The summed E-state index contributed by atoms with van der Waals surface area (Å²) in [6.07, 6.45) is 3.62. The van der Waals surface area contributed by atoms with Crippen molar-refractivity contribution in [3.63, 3.8) is 0 Å². The molecule has 3 fully saturated rings. The summed E-state index contributed by atoms with van der Waals surface area (Å²) < 4.78 is 52.1. The van der Waals surface area contributed by atoms with Gasteiger partial charge in [-0.15, -0.1) is 11.3 Å². The molecule has 0 bridgehead atoms. The van der Waals surface area contributed by atoms with Crippen molar-refractivity contribution in [3.8, 4) is 23.3 Å². The van der Waals surface area contributed by atoms with Crippen LogP contribution in [0.2, 0.25) is 0 Å². The van der Waals surface area contributed by atoms with E-state index in [-0.39, 0.29) is 62.1 Å². The number of anilines is 2. The molecule has 6 heterocycles. The van der Waals surface area contributed by atoms with Gasteiger partial charge in [0.15, 0.2) is 5.82 Å². The molecule has 9 nitrogen and oxygen atoms in total. The van der Waals surface area contributed by atoms with Gasteiger partial charge in [0.05, 0.1) is 21.2 Å². The number of nitrogens with two attached hydrogens (primary N) is 1. The minimum Gasteiger partial charge on any atom is -0.461 e. The van der Waals surface area contributed by atoms with Crippen LogP contribution < -0.4 is 20.7 Å². The van der Waals surface area contributed by atoms with E-state index in [1.807, 2.05) is 18.0 Å². The molecule has 43 heavy (non-hydrogen) atoms. The number of likely N-dealkylation sites (N-methyl/N-ethyl adjacent to an activating group) is 1. The number of alkyl halides is 1. The van der Waals surface area contributed by atoms with E-state index in [0.29, 0.717) is 24.2 Å². The van der Waals surface area contributed by atoms with Gasteiger partial charge in [-0.3, -0.25) is 9.88 Å². The lowest BCUT2D eigenvalue weighted by atomic mass is 9.95. The van der Waals surface area contributed by atoms with Gasteiger partial charge >= 0.3 is 6.01 Å². The van der Waals surface area contributed by atoms with Gasteiger partial charge in [0.25, 0.3) is 0 Å². The maximum atomic E-state index is 16.6. The van der Waals surface area contributed by atoms with Gasteiger partial charge in [0, 0.05) is 49.2 Å². The summed E-state index contributed by atoms with van der Waals surface area (Å²) in [5, 5.41) is 14.0. The maximum Gasteiger partial charge on any atom is 0.319 e. The Labute approximate surface area is 250 Å². The minimum absolute atomic E-state index is 0.00529. The summed E-state index contributed by atoms with van der Waals surface area (Å²) in [5.74, 6) is -0.832. The molecule has 0 amide bonds. The van der Waals surface area contributed by atoms with Crippen LogP contribution >= 0.6 is 11.3 Å². The van der Waals surface area contributed by atoms with Crippen LogP contribution in [0.15, 0.2) is 18.3 Å². The number of nitrogen functional groups attached to an aromatic ring is 1. The van der Waals surface area contributed by atoms with Crippen molar-refractivity contribution in [2.45, 2.75) is 56.4 Å². The molecule has 3 saturated heterocycles. The van der Waals surface area contributed by atoms with Crippen molar-refractivity contribution >= 4 is 43.1 Å². The SMILES string of the molecule is C[C@H]1NCC[C@H]1N(C)c1nc(OC[C@@]23CCCN2C[C@H](F)C3)nc2c(F)c(-c3ccc(F)c4sc(N)c(C#N)c34)ncc12. The highest BCUT2D eigenvalue weighted by molar-refractivity contribution is 7.23. The molecule has 0 aliphatic carbocycles. The molecule has 4 atom stereocenters. The molecule has 4 aromatic rings. The zero-order valence-electron chi connectivity index (χ0n) is 23.8. The Balaban J connectivity index is 1.37. The van der Waals surface area contributed by atoms with Gasteiger partial charge in [-0.2, -0.15) is 15.2 Å². The first-order valence-electron chi connectivity index (χ1n) is 14.5. The Kier molecular flexibility index (Phi) is 6.83. The van der Waals surface area contributed by atoms with E-state index in [0.717, 1.165) is 43.7 Å². The Morgan fingerprint density at radius 1 is 1.33 bits per heavy atom. The first-order chi connectivity index (χ1) is 20.7. The highest BCUT2D eigenvalue weighted by Crippen LogP contribution is 2.43. The van der Waals surface area contributed by atoms with Crippen LogP contribution in [0.5, 0.6) is 6.01 Å². The predicted octanol–water partition coefficient (Wildman–Crippen LogP) is 4.78. The number of hydrogen-bond acceptors (Lipinski definition) is 10. The van der Waals surface area contributed by atoms with E-state index < -0.39 is 23.3 Å². The Bertz CT molecular complexity index is 1790. The van der Waals surface area contributed by atoms with E-state index in [1.165, 1.54) is 18.3 Å². The zero-order chi connectivity index (χ0) is 30.0. The van der Waals surface area contributed by atoms with Crippen LogP contribution in [0.4, 0.5) is 24.0 Å². The third kappa shape index (κ3) is 4.46. The number of fused-ring (bicyclic) bond motifs is 3. The fourth-order valence-electron chi connectivity index (χ4n) is 7.22. The molecule has 3 aliphatic rings. The molecule has 3 aliphatic heterocycles. The molecule has 1 aromatic carbocycles. The molecule has 13 heteroatoms. The van der Waals surface area contributed by atoms with Gasteiger partial charge in [-0.05, 0) is 51.4 Å². The van der Waals surface area contributed by atoms with Gasteiger partial charge < -0.3 is 20.7 Å². The topological polar surface area (TPSA) is 116 Å². The third-order valence-electron chi connectivity index (χ3n) is 9.37. The molecule has 0 unspecified atom stereocenters. The smallest absolute Gasteiger partial charge is 0.319 e. The van der Waals surface area contributed by atoms with Crippen molar-refractivity contribution in [3.05, 3.63) is 35.5 Å². The number of aromatic nitrogens is 3. The van der Waals surface area contributed by atoms with Gasteiger partial charge in [-0.1, -0.05) is 0 Å². The predicted molar refractivity (Wildman–Crippen MR) is 160 cm³/mol. The number of ether oxygens (including phenoxy) is 1. The first-order valence-corrected chi connectivity index (χ1v) is 15.3. The highest BCUT2D eigenvalue weighted by Gasteiger charge is 2.49. The zero-order valence-corrected chi connectivity index (χ0v) is 24.6. The van der Waals surface area contributed by atoms with E-state index in [2.05, 4.69) is 27.1 Å². The summed E-state index contributed by atoms with van der Waals surface area (Å²) in [6, 6.07) is 4.90. The number of halogens is 3. The molecule has 0 spiro atoms. The number of pyridine rings is 1. The second kappa shape index (κ2) is 10.5. The van der Waals surface area contributed by atoms with Gasteiger partial charge in [0.2, 0.25) is 0 Å². The normalized spacial score (nSPS) is 25.4. The summed E-state index contributed by atoms with van der Waals surface area (Å²) >= 11 is 0.938. The number of benzene rings is 1. The van der Waals surface area contributed by atoms with Crippen LogP contribution in [0.3, 0.4) is 0 Å². The molecule has 7 rings (SSSR count). The van der Waals surface area contributed by atoms with E-state index in [1.54, 1.807) is 0 Å². The van der Waals surface area contributed by atoms with Crippen molar-refractivity contribution in [2.75, 3.05) is 43.9 Å². The fourth-order valence-corrected chi connectivity index (χ4v) is 8.17. The van der Waals surface area contributed by atoms with Gasteiger partial charge in [0.1, 0.15) is 46.7 Å². The van der Waals surface area contributed by atoms with E-state index in [4.69, 9.17) is 15.5 Å². The average Bonchev–Trinajstić information content (AvgIpc) is 3.74. The largest absolute Gasteiger partial charge is 0.461 e. The lowest BCUT2D eigenvalue weighted by Crippen LogP contribution is -2.43. The van der Waals surface area contributed by atoms with Crippen LogP contribution in [0.1, 0.15) is 38.2 Å². The third-order valence-corrected chi connectivity index (χ3v) is 10.4. The molecular formula is C30H31F3N8OS. The van der Waals surface area contributed by atoms with Crippen LogP contribution in [-0.2, 0) is 0 Å². The average molecular weight is 609 g/mol. The monoisotopic (exact) mass is 608 g/mol. The molecule has 0 saturated carbocycles. The number of nitriles is 1. The Morgan fingerprint density at radius 2 is 2.16 bits per heavy atom. The second-order valence-corrected chi connectivity index (χ2v) is 12.9. The number of nitrogens with one attached hydrogen (secondary N) is 1. The van der Waals surface area contributed by atoms with Crippen molar-refractivity contribution in [1.82, 2.24) is 25.2 Å². The van der Waals surface area contributed by atoms with Crippen LogP contribution in [-0.4, -0.2) is 76.9 Å². The molecule has 0 radical (unpaired) electrons. The first kappa shape index (κ1) is 28.1.